The highest BCUT2D eigenvalue weighted by atomic mass is 16.6. The summed E-state index contributed by atoms with van der Waals surface area (Å²) in [6.07, 6.45) is 3.19. The van der Waals surface area contributed by atoms with Gasteiger partial charge < -0.3 is 14.2 Å². The molecular weight excluding hydrogens is 376 g/mol. The monoisotopic (exact) mass is 396 g/mol. The number of hydrogen-bond acceptors (Lipinski definition) is 7. The van der Waals surface area contributed by atoms with Crippen molar-refractivity contribution < 1.29 is 23.8 Å². The summed E-state index contributed by atoms with van der Waals surface area (Å²) in [5, 5.41) is 4.00. The van der Waals surface area contributed by atoms with Crippen LogP contribution < -0.4 is 19.6 Å². The molecule has 0 aliphatic rings. The number of nitrogens with zero attached hydrogens (tertiary/aromatic N) is 3. The van der Waals surface area contributed by atoms with E-state index in [9.17, 15) is 9.59 Å². The summed E-state index contributed by atoms with van der Waals surface area (Å²) in [5.41, 5.74) is 4.74. The number of carbonyl (C=O) groups is 2. The van der Waals surface area contributed by atoms with Gasteiger partial charge in [0.25, 0.3) is 5.91 Å². The van der Waals surface area contributed by atoms with Gasteiger partial charge in [-0.25, -0.2) is 10.4 Å². The standard InChI is InChI=1S/C20H20N4O5/c1-12-18(24-8-6-5-7-17(24)22-12)20(26)23-21-11-14-9-15(27-3)19(29-13(2)25)16(10-14)28-4/h5-11H,1-4H3,(H,23,26)/b21-11-. The lowest BCUT2D eigenvalue weighted by Crippen LogP contribution is -2.20. The van der Waals surface area contributed by atoms with Crippen LogP contribution >= 0.6 is 0 Å². The molecule has 150 valence electrons. The van der Waals surface area contributed by atoms with E-state index in [0.29, 0.717) is 34.1 Å². The van der Waals surface area contributed by atoms with Crippen LogP contribution in [-0.2, 0) is 4.79 Å². The summed E-state index contributed by atoms with van der Waals surface area (Å²) in [6.45, 7) is 3.04. The van der Waals surface area contributed by atoms with Crippen LogP contribution in [0.4, 0.5) is 0 Å². The SMILES string of the molecule is COc1cc(/C=N\NC(=O)c2c(C)nc3ccccn23)cc(OC)c1OC(C)=O. The molecule has 29 heavy (non-hydrogen) atoms. The average Bonchev–Trinajstić information content (AvgIpc) is 3.03. The van der Waals surface area contributed by atoms with Crippen LogP contribution in [0.1, 0.15) is 28.7 Å². The number of fused-ring (bicyclic) bond motifs is 1. The van der Waals surface area contributed by atoms with Gasteiger partial charge >= 0.3 is 5.97 Å². The molecule has 3 rings (SSSR count). The topological polar surface area (TPSA) is 104 Å². The number of imidazole rings is 1. The van der Waals surface area contributed by atoms with Gasteiger partial charge in [0, 0.05) is 18.7 Å². The molecule has 3 aromatic rings. The zero-order valence-electron chi connectivity index (χ0n) is 16.4. The fraction of sp³-hybridized carbons (Fsp3) is 0.200. The molecule has 0 spiro atoms. The van der Waals surface area contributed by atoms with Gasteiger partial charge in [-0.3, -0.25) is 14.0 Å². The summed E-state index contributed by atoms with van der Waals surface area (Å²) in [6, 6.07) is 8.70. The van der Waals surface area contributed by atoms with Crippen LogP contribution in [0.2, 0.25) is 0 Å². The Balaban J connectivity index is 1.83. The van der Waals surface area contributed by atoms with Crippen LogP contribution in [0.15, 0.2) is 41.6 Å². The average molecular weight is 396 g/mol. The number of benzene rings is 1. The lowest BCUT2D eigenvalue weighted by Gasteiger charge is -2.13. The van der Waals surface area contributed by atoms with E-state index in [2.05, 4.69) is 15.5 Å². The Morgan fingerprint density at radius 2 is 1.86 bits per heavy atom. The van der Waals surface area contributed by atoms with Gasteiger partial charge in [-0.05, 0) is 31.2 Å². The van der Waals surface area contributed by atoms with E-state index >= 15 is 0 Å². The second kappa shape index (κ2) is 8.42. The van der Waals surface area contributed by atoms with Crippen molar-refractivity contribution >= 4 is 23.7 Å². The Morgan fingerprint density at radius 1 is 1.17 bits per heavy atom. The summed E-state index contributed by atoms with van der Waals surface area (Å²) in [7, 11) is 2.88. The largest absolute Gasteiger partial charge is 0.493 e. The van der Waals surface area contributed by atoms with Gasteiger partial charge in [0.2, 0.25) is 5.75 Å². The molecule has 0 aliphatic heterocycles. The van der Waals surface area contributed by atoms with E-state index in [1.807, 2.05) is 18.2 Å². The minimum Gasteiger partial charge on any atom is -0.493 e. The number of amides is 1. The highest BCUT2D eigenvalue weighted by molar-refractivity contribution is 5.95. The van der Waals surface area contributed by atoms with E-state index in [0.717, 1.165) is 0 Å². The summed E-state index contributed by atoms with van der Waals surface area (Å²) < 4.78 is 17.4. The first-order chi connectivity index (χ1) is 13.9. The number of pyridine rings is 1. The van der Waals surface area contributed by atoms with Crippen molar-refractivity contribution in [1.29, 1.82) is 0 Å². The maximum Gasteiger partial charge on any atom is 0.308 e. The Labute approximate surface area is 166 Å². The molecule has 0 radical (unpaired) electrons. The van der Waals surface area contributed by atoms with E-state index in [-0.39, 0.29) is 5.75 Å². The van der Waals surface area contributed by atoms with Crippen LogP contribution in [0.3, 0.4) is 0 Å². The first-order valence-electron chi connectivity index (χ1n) is 8.66. The third-order valence-electron chi connectivity index (χ3n) is 4.03. The zero-order valence-corrected chi connectivity index (χ0v) is 16.4. The molecule has 0 fully saturated rings. The lowest BCUT2D eigenvalue weighted by molar-refractivity contribution is -0.132. The number of hydrogen-bond donors (Lipinski definition) is 1. The Kier molecular flexibility index (Phi) is 5.77. The van der Waals surface area contributed by atoms with Crippen molar-refractivity contribution in [3.63, 3.8) is 0 Å². The highest BCUT2D eigenvalue weighted by Gasteiger charge is 2.17. The van der Waals surface area contributed by atoms with E-state index in [1.165, 1.54) is 27.4 Å². The van der Waals surface area contributed by atoms with Gasteiger partial charge in [0.05, 0.1) is 26.1 Å². The fourth-order valence-corrected chi connectivity index (χ4v) is 2.82. The molecule has 0 saturated heterocycles. The quantitative estimate of drug-likeness (QED) is 0.297. The lowest BCUT2D eigenvalue weighted by atomic mass is 10.2. The first-order valence-corrected chi connectivity index (χ1v) is 8.66. The summed E-state index contributed by atoms with van der Waals surface area (Å²) >= 11 is 0. The predicted octanol–water partition coefficient (Wildman–Crippen LogP) is 2.35. The van der Waals surface area contributed by atoms with Gasteiger partial charge in [0.1, 0.15) is 11.3 Å². The molecule has 1 amide bonds. The number of hydrazone groups is 1. The highest BCUT2D eigenvalue weighted by Crippen LogP contribution is 2.38. The number of aromatic nitrogens is 2. The predicted molar refractivity (Wildman–Crippen MR) is 106 cm³/mol. The van der Waals surface area contributed by atoms with Gasteiger partial charge in [-0.2, -0.15) is 5.10 Å². The van der Waals surface area contributed by atoms with Crippen LogP contribution in [0.25, 0.3) is 5.65 Å². The third-order valence-corrected chi connectivity index (χ3v) is 4.03. The molecule has 9 heteroatoms. The molecule has 0 bridgehead atoms. The van der Waals surface area contributed by atoms with Gasteiger partial charge in [-0.15, -0.1) is 0 Å². The summed E-state index contributed by atoms with van der Waals surface area (Å²) in [4.78, 5) is 28.2. The molecule has 2 heterocycles. The smallest absolute Gasteiger partial charge is 0.308 e. The van der Waals surface area contributed by atoms with Crippen molar-refractivity contribution in [3.8, 4) is 17.2 Å². The maximum absolute atomic E-state index is 12.6. The molecule has 0 saturated carbocycles. The van der Waals surface area contributed by atoms with E-state index in [1.54, 1.807) is 29.7 Å². The third kappa shape index (κ3) is 4.18. The van der Waals surface area contributed by atoms with Crippen LogP contribution in [0, 0.1) is 6.92 Å². The number of aryl methyl sites for hydroxylation is 1. The summed E-state index contributed by atoms with van der Waals surface area (Å²) in [5.74, 6) is -0.133. The number of ether oxygens (including phenoxy) is 3. The minimum absolute atomic E-state index is 0.171. The first kappa shape index (κ1) is 19.9. The van der Waals surface area contributed by atoms with Crippen molar-refractivity contribution in [1.82, 2.24) is 14.8 Å². The number of esters is 1. The molecule has 1 N–H and O–H groups in total. The fourth-order valence-electron chi connectivity index (χ4n) is 2.82. The maximum atomic E-state index is 12.6. The number of methoxy groups -OCH3 is 2. The Bertz CT molecular complexity index is 1080. The minimum atomic E-state index is -0.501. The molecule has 0 aliphatic carbocycles. The molecule has 0 atom stereocenters. The molecular formula is C20H20N4O5. The Morgan fingerprint density at radius 3 is 2.48 bits per heavy atom. The Hall–Kier alpha value is -3.88. The van der Waals surface area contributed by atoms with E-state index < -0.39 is 11.9 Å². The molecule has 2 aromatic heterocycles. The molecule has 9 nitrogen and oxygen atoms in total. The van der Waals surface area contributed by atoms with Crippen molar-refractivity contribution in [3.05, 3.63) is 53.5 Å². The normalized spacial score (nSPS) is 10.9. The van der Waals surface area contributed by atoms with Crippen molar-refractivity contribution in [2.24, 2.45) is 5.10 Å². The van der Waals surface area contributed by atoms with Crippen molar-refractivity contribution in [2.45, 2.75) is 13.8 Å². The second-order valence-corrected chi connectivity index (χ2v) is 6.02. The van der Waals surface area contributed by atoms with E-state index in [4.69, 9.17) is 14.2 Å². The van der Waals surface area contributed by atoms with Gasteiger partial charge in [-0.1, -0.05) is 6.07 Å². The van der Waals surface area contributed by atoms with Crippen molar-refractivity contribution in [2.75, 3.05) is 14.2 Å². The molecule has 0 unspecified atom stereocenters. The molecule has 1 aromatic carbocycles. The van der Waals surface area contributed by atoms with Gasteiger partial charge in [0.15, 0.2) is 11.5 Å². The number of nitrogens with one attached hydrogen (secondary N) is 1. The van der Waals surface area contributed by atoms with Crippen LogP contribution in [0.5, 0.6) is 17.2 Å². The van der Waals surface area contributed by atoms with Crippen LogP contribution in [-0.4, -0.2) is 41.7 Å². The number of rotatable bonds is 6. The zero-order chi connectivity index (χ0) is 21.0. The number of carbonyl (C=O) groups excluding carboxylic acids is 2. The second-order valence-electron chi connectivity index (χ2n) is 6.02.